The van der Waals surface area contributed by atoms with Gasteiger partial charge in [-0.05, 0) is 55.0 Å². The molecule has 0 saturated heterocycles. The molecule has 2 aromatic carbocycles. The van der Waals surface area contributed by atoms with Crippen LogP contribution in [0.25, 0.3) is 0 Å². The number of amides is 1. The fourth-order valence-corrected chi connectivity index (χ4v) is 2.92. The van der Waals surface area contributed by atoms with E-state index < -0.39 is 6.10 Å². The Labute approximate surface area is 169 Å². The molecule has 4 nitrogen and oxygen atoms in total. The second kappa shape index (κ2) is 9.63. The lowest BCUT2D eigenvalue weighted by Crippen LogP contribution is -2.39. The summed E-state index contributed by atoms with van der Waals surface area (Å²) in [6.07, 6.45) is 0.0985. The summed E-state index contributed by atoms with van der Waals surface area (Å²) in [6.45, 7) is 13.4. The van der Waals surface area contributed by atoms with Crippen molar-refractivity contribution in [2.45, 2.75) is 59.5 Å². The minimum atomic E-state index is -0.507. The zero-order valence-corrected chi connectivity index (χ0v) is 18.0. The number of rotatable bonds is 8. The lowest BCUT2D eigenvalue weighted by Gasteiger charge is -2.20. The van der Waals surface area contributed by atoms with E-state index in [1.54, 1.807) is 0 Å². The Kier molecular flexibility index (Phi) is 7.50. The van der Waals surface area contributed by atoms with Crippen molar-refractivity contribution in [1.82, 2.24) is 5.32 Å². The van der Waals surface area contributed by atoms with Crippen LogP contribution in [0.4, 0.5) is 0 Å². The van der Waals surface area contributed by atoms with Crippen LogP contribution in [0.3, 0.4) is 0 Å². The Bertz CT molecular complexity index is 775. The van der Waals surface area contributed by atoms with Crippen molar-refractivity contribution in [3.63, 3.8) is 0 Å². The first-order valence-corrected chi connectivity index (χ1v) is 9.95. The Morgan fingerprint density at radius 3 is 2.32 bits per heavy atom. The number of hydrogen-bond acceptors (Lipinski definition) is 3. The van der Waals surface area contributed by atoms with E-state index in [-0.39, 0.29) is 11.3 Å². The summed E-state index contributed by atoms with van der Waals surface area (Å²) in [4.78, 5) is 12.4. The van der Waals surface area contributed by atoms with Crippen molar-refractivity contribution in [3.8, 4) is 11.5 Å². The first-order valence-electron chi connectivity index (χ1n) is 9.95. The Morgan fingerprint density at radius 2 is 1.75 bits per heavy atom. The van der Waals surface area contributed by atoms with Crippen LogP contribution in [0.1, 0.15) is 50.8 Å². The zero-order chi connectivity index (χ0) is 20.7. The number of carbonyl (C=O) groups excluding carboxylic acids is 1. The summed E-state index contributed by atoms with van der Waals surface area (Å²) >= 11 is 0. The molecule has 2 rings (SSSR count). The monoisotopic (exact) mass is 383 g/mol. The summed E-state index contributed by atoms with van der Waals surface area (Å²) < 4.78 is 11.7. The highest BCUT2D eigenvalue weighted by molar-refractivity contribution is 5.81. The van der Waals surface area contributed by atoms with Gasteiger partial charge in [0.2, 0.25) is 0 Å². The average molecular weight is 384 g/mol. The van der Waals surface area contributed by atoms with Crippen molar-refractivity contribution >= 4 is 5.91 Å². The summed E-state index contributed by atoms with van der Waals surface area (Å²) in [5.74, 6) is 1.44. The fourth-order valence-electron chi connectivity index (χ4n) is 2.92. The first kappa shape index (κ1) is 21.8. The van der Waals surface area contributed by atoms with Crippen molar-refractivity contribution in [1.29, 1.82) is 0 Å². The maximum absolute atomic E-state index is 12.4. The number of benzene rings is 2. The van der Waals surface area contributed by atoms with Gasteiger partial charge in [-0.3, -0.25) is 4.79 Å². The molecule has 0 bridgehead atoms. The van der Waals surface area contributed by atoms with E-state index >= 15 is 0 Å². The molecule has 28 heavy (non-hydrogen) atoms. The summed E-state index contributed by atoms with van der Waals surface area (Å²) in [5.41, 5.74) is 3.60. The molecule has 1 unspecified atom stereocenters. The lowest BCUT2D eigenvalue weighted by atomic mass is 9.87. The first-order chi connectivity index (χ1) is 13.2. The molecule has 1 N–H and O–H groups in total. The van der Waals surface area contributed by atoms with Crippen molar-refractivity contribution < 1.29 is 14.3 Å². The third-order valence-corrected chi connectivity index (χ3v) is 4.65. The van der Waals surface area contributed by atoms with Gasteiger partial charge in [0.15, 0.2) is 6.10 Å². The molecule has 0 saturated carbocycles. The van der Waals surface area contributed by atoms with Crippen molar-refractivity contribution in [2.75, 3.05) is 13.2 Å². The van der Waals surface area contributed by atoms with Gasteiger partial charge in [0.25, 0.3) is 5.91 Å². The predicted octanol–water partition coefficient (Wildman–Crippen LogP) is 4.95. The molecule has 0 aliphatic heterocycles. The fraction of sp³-hybridized carbons (Fsp3) is 0.458. The number of ether oxygens (including phenoxy) is 2. The van der Waals surface area contributed by atoms with Gasteiger partial charge in [0, 0.05) is 0 Å². The topological polar surface area (TPSA) is 47.6 Å². The third-order valence-electron chi connectivity index (χ3n) is 4.65. The molecule has 0 aromatic heterocycles. The van der Waals surface area contributed by atoms with Crippen molar-refractivity contribution in [2.24, 2.45) is 0 Å². The van der Waals surface area contributed by atoms with Crippen LogP contribution < -0.4 is 14.8 Å². The average Bonchev–Trinajstić information content (AvgIpc) is 2.64. The summed E-state index contributed by atoms with van der Waals surface area (Å²) in [5, 5.41) is 2.90. The highest BCUT2D eigenvalue weighted by Crippen LogP contribution is 2.24. The Morgan fingerprint density at radius 1 is 1.07 bits per heavy atom. The van der Waals surface area contributed by atoms with Crippen LogP contribution in [0.15, 0.2) is 42.5 Å². The van der Waals surface area contributed by atoms with Crippen LogP contribution in [0, 0.1) is 13.8 Å². The van der Waals surface area contributed by atoms with Crippen LogP contribution in [0.5, 0.6) is 11.5 Å². The standard InChI is InChI=1S/C24H33NO3/c1-7-21(28-22-13-8-17(2)16-18(22)3)23(26)25-14-15-27-20-11-9-19(10-12-20)24(4,5)6/h8-13,16,21H,7,14-15H2,1-6H3,(H,25,26). The van der Waals surface area contributed by atoms with Gasteiger partial charge >= 0.3 is 0 Å². The third kappa shape index (κ3) is 6.29. The second-order valence-electron chi connectivity index (χ2n) is 8.20. The van der Waals surface area contributed by atoms with E-state index in [4.69, 9.17) is 9.47 Å². The van der Waals surface area contributed by atoms with Gasteiger partial charge < -0.3 is 14.8 Å². The molecule has 0 aliphatic carbocycles. The highest BCUT2D eigenvalue weighted by atomic mass is 16.5. The van der Waals surface area contributed by atoms with E-state index in [1.165, 1.54) is 11.1 Å². The van der Waals surface area contributed by atoms with Crippen LogP contribution >= 0.6 is 0 Å². The lowest BCUT2D eigenvalue weighted by molar-refractivity contribution is -0.128. The normalized spacial score (nSPS) is 12.4. The van der Waals surface area contributed by atoms with Crippen LogP contribution in [0.2, 0.25) is 0 Å². The largest absolute Gasteiger partial charge is 0.492 e. The van der Waals surface area contributed by atoms with Crippen LogP contribution in [-0.4, -0.2) is 25.2 Å². The zero-order valence-electron chi connectivity index (χ0n) is 18.0. The van der Waals surface area contributed by atoms with Gasteiger partial charge in [-0.2, -0.15) is 0 Å². The molecule has 0 aliphatic rings. The van der Waals surface area contributed by atoms with E-state index in [1.807, 2.05) is 45.0 Å². The number of hydrogen-bond donors (Lipinski definition) is 1. The molecule has 4 heteroatoms. The second-order valence-corrected chi connectivity index (χ2v) is 8.20. The van der Waals surface area contributed by atoms with Gasteiger partial charge in [-0.15, -0.1) is 0 Å². The summed E-state index contributed by atoms with van der Waals surface area (Å²) in [7, 11) is 0. The number of nitrogens with one attached hydrogen (secondary N) is 1. The Balaban J connectivity index is 1.80. The number of aryl methyl sites for hydroxylation is 2. The van der Waals surface area contributed by atoms with E-state index in [0.717, 1.165) is 17.1 Å². The van der Waals surface area contributed by atoms with Crippen LogP contribution in [-0.2, 0) is 10.2 Å². The molecular formula is C24H33NO3. The molecule has 0 radical (unpaired) electrons. The number of carbonyl (C=O) groups is 1. The van der Waals surface area contributed by atoms with E-state index in [0.29, 0.717) is 19.6 Å². The predicted molar refractivity (Wildman–Crippen MR) is 114 cm³/mol. The van der Waals surface area contributed by atoms with E-state index in [9.17, 15) is 4.79 Å². The van der Waals surface area contributed by atoms with Gasteiger partial charge in [-0.25, -0.2) is 0 Å². The Hall–Kier alpha value is -2.49. The molecule has 1 atom stereocenters. The molecule has 152 valence electrons. The van der Waals surface area contributed by atoms with E-state index in [2.05, 4.69) is 44.3 Å². The molecule has 0 fully saturated rings. The molecule has 0 heterocycles. The smallest absolute Gasteiger partial charge is 0.261 e. The van der Waals surface area contributed by atoms with Gasteiger partial charge in [0.05, 0.1) is 6.54 Å². The molecule has 2 aromatic rings. The SMILES string of the molecule is CCC(Oc1ccc(C)cc1C)C(=O)NCCOc1ccc(C(C)(C)C)cc1. The molecule has 0 spiro atoms. The maximum Gasteiger partial charge on any atom is 0.261 e. The highest BCUT2D eigenvalue weighted by Gasteiger charge is 2.19. The minimum Gasteiger partial charge on any atom is -0.492 e. The maximum atomic E-state index is 12.4. The van der Waals surface area contributed by atoms with Gasteiger partial charge in [0.1, 0.15) is 18.1 Å². The van der Waals surface area contributed by atoms with Gasteiger partial charge in [-0.1, -0.05) is 57.5 Å². The molecular weight excluding hydrogens is 350 g/mol. The summed E-state index contributed by atoms with van der Waals surface area (Å²) in [6, 6.07) is 14.1. The minimum absolute atomic E-state index is 0.117. The van der Waals surface area contributed by atoms with Crippen molar-refractivity contribution in [3.05, 3.63) is 59.2 Å². The molecule has 1 amide bonds. The quantitative estimate of drug-likeness (QED) is 0.656.